The van der Waals surface area contributed by atoms with E-state index < -0.39 is 0 Å². The predicted octanol–water partition coefficient (Wildman–Crippen LogP) is 3.29. The normalized spacial score (nSPS) is 18.4. The zero-order valence-corrected chi connectivity index (χ0v) is 12.1. The Balaban J connectivity index is 2.09. The smallest absolute Gasteiger partial charge is 0.120 e. The van der Waals surface area contributed by atoms with Crippen LogP contribution in [-0.2, 0) is 4.74 Å². The Labute approximate surface area is 116 Å². The van der Waals surface area contributed by atoms with Gasteiger partial charge in [-0.1, -0.05) is 26.0 Å². The molecule has 0 heterocycles. The number of benzene rings is 1. The molecule has 106 valence electrons. The minimum atomic E-state index is -0.109. The van der Waals surface area contributed by atoms with Crippen LogP contribution in [0.1, 0.15) is 45.2 Å². The van der Waals surface area contributed by atoms with Gasteiger partial charge >= 0.3 is 0 Å². The zero-order chi connectivity index (χ0) is 13.8. The highest BCUT2D eigenvalue weighted by molar-refractivity contribution is 5.31. The quantitative estimate of drug-likeness (QED) is 0.821. The van der Waals surface area contributed by atoms with Gasteiger partial charge in [-0.25, -0.2) is 0 Å². The molecule has 3 nitrogen and oxygen atoms in total. The highest BCUT2D eigenvalue weighted by atomic mass is 16.5. The van der Waals surface area contributed by atoms with Crippen molar-refractivity contribution >= 4 is 0 Å². The average molecular weight is 263 g/mol. The molecule has 1 aromatic rings. The Morgan fingerprint density at radius 1 is 1.32 bits per heavy atom. The number of hydrogen-bond acceptors (Lipinski definition) is 3. The second kappa shape index (κ2) is 6.40. The minimum Gasteiger partial charge on any atom is -0.490 e. The van der Waals surface area contributed by atoms with E-state index in [1.54, 1.807) is 0 Å². The van der Waals surface area contributed by atoms with Gasteiger partial charge in [-0.15, -0.1) is 0 Å². The first-order valence-electron chi connectivity index (χ1n) is 7.25. The Morgan fingerprint density at radius 2 is 2.05 bits per heavy atom. The topological polar surface area (TPSA) is 44.5 Å². The van der Waals surface area contributed by atoms with E-state index in [0.717, 1.165) is 11.3 Å². The molecule has 2 N–H and O–H groups in total. The molecule has 2 unspecified atom stereocenters. The molecule has 2 atom stereocenters. The lowest BCUT2D eigenvalue weighted by Crippen LogP contribution is -2.33. The first kappa shape index (κ1) is 14.4. The SMILES string of the molecule is CCOC(C(C)C)C(N)c1cccc(OC2CC2)c1. The summed E-state index contributed by atoms with van der Waals surface area (Å²) >= 11 is 0. The molecule has 2 rings (SSSR count). The molecular weight excluding hydrogens is 238 g/mol. The van der Waals surface area contributed by atoms with Crippen molar-refractivity contribution in [3.8, 4) is 5.75 Å². The van der Waals surface area contributed by atoms with Gasteiger partial charge in [0.15, 0.2) is 0 Å². The van der Waals surface area contributed by atoms with Crippen LogP contribution in [0.25, 0.3) is 0 Å². The third kappa shape index (κ3) is 3.95. The van der Waals surface area contributed by atoms with E-state index >= 15 is 0 Å². The fourth-order valence-electron chi connectivity index (χ4n) is 2.27. The van der Waals surface area contributed by atoms with Crippen LogP contribution >= 0.6 is 0 Å². The summed E-state index contributed by atoms with van der Waals surface area (Å²) in [5, 5.41) is 0. The van der Waals surface area contributed by atoms with Crippen molar-refractivity contribution in [2.45, 2.75) is 51.9 Å². The van der Waals surface area contributed by atoms with Crippen LogP contribution in [0.4, 0.5) is 0 Å². The third-order valence-electron chi connectivity index (χ3n) is 3.44. The van der Waals surface area contributed by atoms with E-state index in [-0.39, 0.29) is 12.1 Å². The largest absolute Gasteiger partial charge is 0.490 e. The van der Waals surface area contributed by atoms with Gasteiger partial charge in [-0.2, -0.15) is 0 Å². The van der Waals surface area contributed by atoms with Crippen LogP contribution in [0.5, 0.6) is 5.75 Å². The molecule has 1 aromatic carbocycles. The molecule has 1 aliphatic carbocycles. The molecule has 1 aliphatic rings. The van der Waals surface area contributed by atoms with Crippen LogP contribution in [0.15, 0.2) is 24.3 Å². The highest BCUT2D eigenvalue weighted by Crippen LogP contribution is 2.29. The summed E-state index contributed by atoms with van der Waals surface area (Å²) in [6, 6.07) is 8.01. The van der Waals surface area contributed by atoms with Crippen molar-refractivity contribution in [1.29, 1.82) is 0 Å². The second-order valence-electron chi connectivity index (χ2n) is 5.58. The Hall–Kier alpha value is -1.06. The number of hydrogen-bond donors (Lipinski definition) is 1. The zero-order valence-electron chi connectivity index (χ0n) is 12.1. The van der Waals surface area contributed by atoms with Gasteiger partial charge in [0.05, 0.1) is 18.2 Å². The maximum Gasteiger partial charge on any atom is 0.120 e. The maximum absolute atomic E-state index is 6.36. The van der Waals surface area contributed by atoms with Crippen LogP contribution < -0.4 is 10.5 Å². The minimum absolute atomic E-state index is 0.0428. The first-order valence-corrected chi connectivity index (χ1v) is 7.25. The van der Waals surface area contributed by atoms with Crippen molar-refractivity contribution in [2.24, 2.45) is 11.7 Å². The van der Waals surface area contributed by atoms with Gasteiger partial charge in [0.25, 0.3) is 0 Å². The molecule has 0 aliphatic heterocycles. The number of rotatable bonds is 7. The Morgan fingerprint density at radius 3 is 2.63 bits per heavy atom. The van der Waals surface area contributed by atoms with E-state index in [4.69, 9.17) is 15.2 Å². The number of ether oxygens (including phenoxy) is 2. The predicted molar refractivity (Wildman–Crippen MR) is 77.3 cm³/mol. The van der Waals surface area contributed by atoms with E-state index in [0.29, 0.717) is 18.6 Å². The first-order chi connectivity index (χ1) is 9.11. The van der Waals surface area contributed by atoms with E-state index in [1.807, 2.05) is 19.1 Å². The van der Waals surface area contributed by atoms with Crippen LogP contribution in [0.3, 0.4) is 0 Å². The van der Waals surface area contributed by atoms with Crippen molar-refractivity contribution in [2.75, 3.05) is 6.61 Å². The molecule has 0 aromatic heterocycles. The lowest BCUT2D eigenvalue weighted by atomic mass is 9.94. The summed E-state index contributed by atoms with van der Waals surface area (Å²) in [6.45, 7) is 6.99. The Kier molecular flexibility index (Phi) is 4.83. The van der Waals surface area contributed by atoms with Crippen molar-refractivity contribution < 1.29 is 9.47 Å². The van der Waals surface area contributed by atoms with E-state index in [2.05, 4.69) is 26.0 Å². The molecule has 0 bridgehead atoms. The van der Waals surface area contributed by atoms with Gasteiger partial charge in [-0.3, -0.25) is 0 Å². The van der Waals surface area contributed by atoms with Gasteiger partial charge in [0, 0.05) is 6.61 Å². The summed E-state index contributed by atoms with van der Waals surface area (Å²) < 4.78 is 11.6. The standard InChI is InChI=1S/C16H25NO2/c1-4-18-16(11(2)3)15(17)12-6-5-7-14(10-12)19-13-8-9-13/h5-7,10-11,13,15-16H,4,8-9,17H2,1-3H3. The molecule has 1 saturated carbocycles. The van der Waals surface area contributed by atoms with Crippen molar-refractivity contribution in [1.82, 2.24) is 0 Å². The monoisotopic (exact) mass is 263 g/mol. The second-order valence-corrected chi connectivity index (χ2v) is 5.58. The van der Waals surface area contributed by atoms with Crippen molar-refractivity contribution in [3.05, 3.63) is 29.8 Å². The van der Waals surface area contributed by atoms with Gasteiger partial charge in [0.2, 0.25) is 0 Å². The summed E-state index contributed by atoms with van der Waals surface area (Å²) in [6.07, 6.45) is 2.80. The summed E-state index contributed by atoms with van der Waals surface area (Å²) in [7, 11) is 0. The molecule has 3 heteroatoms. The van der Waals surface area contributed by atoms with Crippen molar-refractivity contribution in [3.63, 3.8) is 0 Å². The third-order valence-corrected chi connectivity index (χ3v) is 3.44. The van der Waals surface area contributed by atoms with Gasteiger partial charge < -0.3 is 15.2 Å². The van der Waals surface area contributed by atoms with Crippen LogP contribution in [0, 0.1) is 5.92 Å². The molecule has 1 fully saturated rings. The van der Waals surface area contributed by atoms with E-state index in [9.17, 15) is 0 Å². The average Bonchev–Trinajstić information content (AvgIpc) is 3.19. The fourth-order valence-corrected chi connectivity index (χ4v) is 2.27. The fraction of sp³-hybridized carbons (Fsp3) is 0.625. The summed E-state index contributed by atoms with van der Waals surface area (Å²) in [5.74, 6) is 1.32. The lowest BCUT2D eigenvalue weighted by Gasteiger charge is -2.27. The summed E-state index contributed by atoms with van der Waals surface area (Å²) in [5.41, 5.74) is 7.45. The molecule has 19 heavy (non-hydrogen) atoms. The highest BCUT2D eigenvalue weighted by Gasteiger charge is 2.25. The van der Waals surface area contributed by atoms with E-state index in [1.165, 1.54) is 12.8 Å². The Bertz CT molecular complexity index is 401. The van der Waals surface area contributed by atoms with Gasteiger partial charge in [-0.05, 0) is 43.4 Å². The molecule has 0 radical (unpaired) electrons. The summed E-state index contributed by atoms with van der Waals surface area (Å²) in [4.78, 5) is 0. The molecule has 0 amide bonds. The van der Waals surface area contributed by atoms with Crippen LogP contribution in [0.2, 0.25) is 0 Å². The molecular formula is C16H25NO2. The molecule has 0 saturated heterocycles. The number of nitrogens with two attached hydrogens (primary N) is 1. The van der Waals surface area contributed by atoms with Crippen LogP contribution in [-0.4, -0.2) is 18.8 Å². The molecule has 0 spiro atoms. The lowest BCUT2D eigenvalue weighted by molar-refractivity contribution is 0.0121. The van der Waals surface area contributed by atoms with Gasteiger partial charge in [0.1, 0.15) is 5.75 Å². The maximum atomic E-state index is 6.36.